The normalized spacial score (nSPS) is 11.3. The number of hydrogen-bond acceptors (Lipinski definition) is 5. The predicted molar refractivity (Wildman–Crippen MR) is 109 cm³/mol. The average Bonchev–Trinajstić information content (AvgIpc) is 3.44. The van der Waals surface area contributed by atoms with Gasteiger partial charge in [-0.25, -0.2) is 9.97 Å². The standard InChI is InChI=1S/C21H16N4O2S/c26-20(22-11-10-14-13-25-12-4-3-7-19(25)23-14)16-8-9-17(27-16)21-24-15-5-1-2-6-18(15)28-21/h1-9,12-13H,10-11H2,(H,22,26). The van der Waals surface area contributed by atoms with Crippen LogP contribution in [0.25, 0.3) is 26.6 Å². The first-order chi connectivity index (χ1) is 13.8. The SMILES string of the molecule is O=C(NCCc1cn2ccccc2n1)c1ccc(-c2nc3ccccc3s2)o1. The lowest BCUT2D eigenvalue weighted by molar-refractivity contribution is 0.0927. The Morgan fingerprint density at radius 2 is 1.96 bits per heavy atom. The van der Waals surface area contributed by atoms with Gasteiger partial charge in [0.15, 0.2) is 16.5 Å². The highest BCUT2D eigenvalue weighted by molar-refractivity contribution is 7.21. The summed E-state index contributed by atoms with van der Waals surface area (Å²) in [4.78, 5) is 21.5. The van der Waals surface area contributed by atoms with Crippen LogP contribution in [-0.2, 0) is 6.42 Å². The molecule has 0 fully saturated rings. The van der Waals surface area contributed by atoms with Gasteiger partial charge in [-0.2, -0.15) is 0 Å². The molecular formula is C21H16N4O2S. The van der Waals surface area contributed by atoms with Gasteiger partial charge in [0.2, 0.25) is 0 Å². The number of carbonyl (C=O) groups excluding carboxylic acids is 1. The lowest BCUT2D eigenvalue weighted by atomic mass is 10.3. The predicted octanol–water partition coefficient (Wildman–Crippen LogP) is 4.18. The molecule has 138 valence electrons. The molecule has 1 aromatic carbocycles. The van der Waals surface area contributed by atoms with E-state index >= 15 is 0 Å². The van der Waals surface area contributed by atoms with E-state index in [-0.39, 0.29) is 11.7 Å². The van der Waals surface area contributed by atoms with Gasteiger partial charge in [0, 0.05) is 25.4 Å². The van der Waals surface area contributed by atoms with Crippen LogP contribution in [-0.4, -0.2) is 26.8 Å². The fourth-order valence-corrected chi connectivity index (χ4v) is 3.98. The molecule has 5 aromatic rings. The van der Waals surface area contributed by atoms with Gasteiger partial charge in [-0.1, -0.05) is 18.2 Å². The molecule has 0 saturated heterocycles. The Kier molecular flexibility index (Phi) is 4.14. The summed E-state index contributed by atoms with van der Waals surface area (Å²) in [7, 11) is 0. The number of amides is 1. The first-order valence-corrected chi connectivity index (χ1v) is 9.74. The summed E-state index contributed by atoms with van der Waals surface area (Å²) in [6.07, 6.45) is 4.58. The van der Waals surface area contributed by atoms with Crippen molar-refractivity contribution in [3.8, 4) is 10.8 Å². The topological polar surface area (TPSA) is 72.4 Å². The smallest absolute Gasteiger partial charge is 0.287 e. The fraction of sp³-hybridized carbons (Fsp3) is 0.0952. The Hall–Kier alpha value is -3.45. The van der Waals surface area contributed by atoms with Crippen molar-refractivity contribution in [2.24, 2.45) is 0 Å². The molecule has 0 atom stereocenters. The first kappa shape index (κ1) is 16.7. The van der Waals surface area contributed by atoms with Crippen molar-refractivity contribution in [1.82, 2.24) is 19.7 Å². The Labute approximate surface area is 164 Å². The van der Waals surface area contributed by atoms with E-state index in [4.69, 9.17) is 4.42 Å². The molecule has 1 N–H and O–H groups in total. The number of carbonyl (C=O) groups is 1. The molecule has 0 unspecified atom stereocenters. The number of imidazole rings is 1. The van der Waals surface area contributed by atoms with Crippen LogP contribution >= 0.6 is 11.3 Å². The van der Waals surface area contributed by atoms with Gasteiger partial charge in [-0.3, -0.25) is 4.79 Å². The van der Waals surface area contributed by atoms with E-state index < -0.39 is 0 Å². The highest BCUT2D eigenvalue weighted by Crippen LogP contribution is 2.31. The van der Waals surface area contributed by atoms with Crippen molar-refractivity contribution in [2.75, 3.05) is 6.54 Å². The summed E-state index contributed by atoms with van der Waals surface area (Å²) < 4.78 is 8.78. The van der Waals surface area contributed by atoms with Crippen LogP contribution in [0.5, 0.6) is 0 Å². The molecule has 28 heavy (non-hydrogen) atoms. The molecule has 4 aromatic heterocycles. The Balaban J connectivity index is 1.24. The number of pyridine rings is 1. The highest BCUT2D eigenvalue weighted by atomic mass is 32.1. The van der Waals surface area contributed by atoms with Crippen molar-refractivity contribution in [2.45, 2.75) is 6.42 Å². The van der Waals surface area contributed by atoms with E-state index in [0.717, 1.165) is 26.6 Å². The van der Waals surface area contributed by atoms with E-state index in [2.05, 4.69) is 15.3 Å². The second-order valence-electron chi connectivity index (χ2n) is 6.35. The molecule has 0 aliphatic heterocycles. The van der Waals surface area contributed by atoms with Crippen molar-refractivity contribution >= 4 is 33.1 Å². The van der Waals surface area contributed by atoms with Crippen molar-refractivity contribution in [1.29, 1.82) is 0 Å². The van der Waals surface area contributed by atoms with E-state index in [1.54, 1.807) is 23.5 Å². The van der Waals surface area contributed by atoms with Crippen molar-refractivity contribution in [3.63, 3.8) is 0 Å². The zero-order valence-corrected chi connectivity index (χ0v) is 15.6. The molecule has 7 heteroatoms. The lowest BCUT2D eigenvalue weighted by Gasteiger charge is -2.01. The Bertz CT molecular complexity index is 1220. The second kappa shape index (κ2) is 6.94. The number of benzene rings is 1. The molecule has 0 aliphatic rings. The van der Waals surface area contributed by atoms with Crippen LogP contribution in [0.1, 0.15) is 16.2 Å². The summed E-state index contributed by atoms with van der Waals surface area (Å²) in [5, 5.41) is 3.65. The molecule has 0 bridgehead atoms. The number of para-hydroxylation sites is 1. The molecule has 0 aliphatic carbocycles. The van der Waals surface area contributed by atoms with Gasteiger partial charge >= 0.3 is 0 Å². The van der Waals surface area contributed by atoms with Crippen molar-refractivity contribution in [3.05, 3.63) is 78.4 Å². The lowest BCUT2D eigenvalue weighted by Crippen LogP contribution is -2.25. The largest absolute Gasteiger partial charge is 0.448 e. The second-order valence-corrected chi connectivity index (χ2v) is 7.39. The third-order valence-corrected chi connectivity index (χ3v) is 5.47. The summed E-state index contributed by atoms with van der Waals surface area (Å²) in [5.41, 5.74) is 2.76. The van der Waals surface area contributed by atoms with Gasteiger partial charge in [0.1, 0.15) is 5.65 Å². The molecule has 4 heterocycles. The minimum Gasteiger partial charge on any atom is -0.448 e. The minimum atomic E-state index is -0.240. The minimum absolute atomic E-state index is 0.240. The molecule has 0 radical (unpaired) electrons. The van der Waals surface area contributed by atoms with E-state index in [0.29, 0.717) is 18.7 Å². The number of fused-ring (bicyclic) bond motifs is 2. The number of nitrogens with zero attached hydrogens (tertiary/aromatic N) is 3. The van der Waals surface area contributed by atoms with Gasteiger partial charge in [0.05, 0.1) is 15.9 Å². The maximum atomic E-state index is 12.4. The van der Waals surface area contributed by atoms with Gasteiger partial charge < -0.3 is 14.1 Å². The van der Waals surface area contributed by atoms with Crippen molar-refractivity contribution < 1.29 is 9.21 Å². The fourth-order valence-electron chi connectivity index (χ4n) is 3.05. The molecule has 1 amide bonds. The third kappa shape index (κ3) is 3.16. The number of furan rings is 1. The quantitative estimate of drug-likeness (QED) is 0.490. The van der Waals surface area contributed by atoms with Crippen LogP contribution in [0, 0.1) is 0 Å². The van der Waals surface area contributed by atoms with E-state index in [9.17, 15) is 4.79 Å². The summed E-state index contributed by atoms with van der Waals surface area (Å²) in [6.45, 7) is 0.486. The summed E-state index contributed by atoms with van der Waals surface area (Å²) in [6, 6.07) is 17.3. The highest BCUT2D eigenvalue weighted by Gasteiger charge is 2.15. The first-order valence-electron chi connectivity index (χ1n) is 8.93. The Morgan fingerprint density at radius 3 is 2.86 bits per heavy atom. The molecule has 0 saturated carbocycles. The van der Waals surface area contributed by atoms with Crippen LogP contribution < -0.4 is 5.32 Å². The van der Waals surface area contributed by atoms with Gasteiger partial charge in [0.25, 0.3) is 5.91 Å². The number of hydrogen-bond donors (Lipinski definition) is 1. The zero-order valence-electron chi connectivity index (χ0n) is 14.8. The Morgan fingerprint density at radius 1 is 1.07 bits per heavy atom. The number of nitrogens with one attached hydrogen (secondary N) is 1. The number of aromatic nitrogens is 3. The van der Waals surface area contributed by atoms with Crippen LogP contribution in [0.4, 0.5) is 0 Å². The van der Waals surface area contributed by atoms with E-state index in [1.165, 1.54) is 0 Å². The number of thiazole rings is 1. The van der Waals surface area contributed by atoms with Crippen LogP contribution in [0.2, 0.25) is 0 Å². The van der Waals surface area contributed by atoms with Crippen LogP contribution in [0.3, 0.4) is 0 Å². The molecular weight excluding hydrogens is 372 g/mol. The summed E-state index contributed by atoms with van der Waals surface area (Å²) >= 11 is 1.55. The third-order valence-electron chi connectivity index (χ3n) is 4.42. The average molecular weight is 388 g/mol. The maximum absolute atomic E-state index is 12.4. The molecule has 6 nitrogen and oxygen atoms in total. The van der Waals surface area contributed by atoms with Gasteiger partial charge in [-0.05, 0) is 36.4 Å². The maximum Gasteiger partial charge on any atom is 0.287 e. The molecule has 5 rings (SSSR count). The zero-order chi connectivity index (χ0) is 18.9. The summed E-state index contributed by atoms with van der Waals surface area (Å²) in [5.74, 6) is 0.645. The van der Waals surface area contributed by atoms with Crippen LogP contribution in [0.15, 0.2) is 71.4 Å². The monoisotopic (exact) mass is 388 g/mol. The van der Waals surface area contributed by atoms with E-state index in [1.807, 2.05) is 59.3 Å². The number of rotatable bonds is 5. The molecule has 0 spiro atoms. The van der Waals surface area contributed by atoms with Gasteiger partial charge in [-0.15, -0.1) is 11.3 Å².